The van der Waals surface area contributed by atoms with Crippen LogP contribution in [0, 0.1) is 0 Å². The van der Waals surface area contributed by atoms with E-state index in [1.54, 1.807) is 54.6 Å². The van der Waals surface area contributed by atoms with E-state index in [9.17, 15) is 18.4 Å². The zero-order valence-electron chi connectivity index (χ0n) is 16.9. The van der Waals surface area contributed by atoms with Crippen LogP contribution >= 0.6 is 23.4 Å². The molecule has 0 unspecified atom stereocenters. The minimum atomic E-state index is -3.02. The van der Waals surface area contributed by atoms with Gasteiger partial charge in [-0.05, 0) is 48.5 Å². The van der Waals surface area contributed by atoms with Crippen molar-refractivity contribution in [2.75, 3.05) is 11.1 Å². The molecule has 4 rings (SSSR count). The zero-order chi connectivity index (χ0) is 23.4. The standard InChI is InChI=1S/C23H16ClF2N3O3S/c24-14-9-11-15(12-10-14)29-21(31)16-5-1-2-6-17(16)28-23(29)33-13-20(30)27-18-7-3-4-8-19(18)32-22(25)26/h1-12,22H,13H2,(H,27,30). The van der Waals surface area contributed by atoms with Gasteiger partial charge in [-0.3, -0.25) is 14.2 Å². The number of halogens is 3. The first-order chi connectivity index (χ1) is 15.9. The molecular formula is C23H16ClF2N3O3S. The average Bonchev–Trinajstić information content (AvgIpc) is 2.80. The Morgan fingerprint density at radius 2 is 1.76 bits per heavy atom. The molecule has 0 aliphatic heterocycles. The lowest BCUT2D eigenvalue weighted by Crippen LogP contribution is -2.23. The number of ether oxygens (including phenoxy) is 1. The summed E-state index contributed by atoms with van der Waals surface area (Å²) in [6, 6.07) is 19.5. The maximum atomic E-state index is 13.2. The number of aromatic nitrogens is 2. The predicted octanol–water partition coefficient (Wildman–Crippen LogP) is 5.37. The predicted molar refractivity (Wildman–Crippen MR) is 125 cm³/mol. The molecule has 33 heavy (non-hydrogen) atoms. The van der Waals surface area contributed by atoms with Gasteiger partial charge in [0, 0.05) is 5.02 Å². The Balaban J connectivity index is 1.62. The number of thioether (sulfide) groups is 1. The normalized spacial score (nSPS) is 11.0. The Labute approximate surface area is 196 Å². The third kappa shape index (κ3) is 5.32. The summed E-state index contributed by atoms with van der Waals surface area (Å²) in [4.78, 5) is 30.3. The zero-order valence-corrected chi connectivity index (χ0v) is 18.4. The van der Waals surface area contributed by atoms with Gasteiger partial charge in [0.1, 0.15) is 5.75 Å². The molecule has 1 aromatic heterocycles. The molecule has 4 aromatic rings. The van der Waals surface area contributed by atoms with Gasteiger partial charge in [-0.1, -0.05) is 47.6 Å². The van der Waals surface area contributed by atoms with Crippen molar-refractivity contribution < 1.29 is 18.3 Å². The van der Waals surface area contributed by atoms with E-state index in [2.05, 4.69) is 15.0 Å². The summed E-state index contributed by atoms with van der Waals surface area (Å²) < 4.78 is 31.1. The molecule has 10 heteroatoms. The molecule has 1 N–H and O–H groups in total. The van der Waals surface area contributed by atoms with Crippen LogP contribution in [0.3, 0.4) is 0 Å². The van der Waals surface area contributed by atoms with Crippen LogP contribution in [-0.2, 0) is 4.79 Å². The molecule has 0 saturated heterocycles. The van der Waals surface area contributed by atoms with E-state index in [1.165, 1.54) is 22.8 Å². The first kappa shape index (κ1) is 22.8. The van der Waals surface area contributed by atoms with Crippen LogP contribution in [-0.4, -0.2) is 27.8 Å². The molecule has 0 aliphatic rings. The SMILES string of the molecule is O=C(CSc1nc2ccccc2c(=O)n1-c1ccc(Cl)cc1)Nc1ccccc1OC(F)F. The fourth-order valence-corrected chi connectivity index (χ4v) is 4.05. The summed E-state index contributed by atoms with van der Waals surface area (Å²) in [5.41, 5.74) is 0.860. The number of hydrogen-bond acceptors (Lipinski definition) is 5. The number of amides is 1. The number of fused-ring (bicyclic) bond motifs is 1. The van der Waals surface area contributed by atoms with Gasteiger partial charge < -0.3 is 10.1 Å². The maximum Gasteiger partial charge on any atom is 0.387 e. The van der Waals surface area contributed by atoms with E-state index in [4.69, 9.17) is 11.6 Å². The van der Waals surface area contributed by atoms with Crippen molar-refractivity contribution in [3.63, 3.8) is 0 Å². The quantitative estimate of drug-likeness (QED) is 0.280. The lowest BCUT2D eigenvalue weighted by Gasteiger charge is -2.14. The molecule has 168 valence electrons. The molecule has 0 saturated carbocycles. The number of alkyl halides is 2. The Morgan fingerprint density at radius 3 is 2.52 bits per heavy atom. The molecular weight excluding hydrogens is 472 g/mol. The highest BCUT2D eigenvalue weighted by molar-refractivity contribution is 7.99. The first-order valence-corrected chi connectivity index (χ1v) is 11.0. The van der Waals surface area contributed by atoms with Gasteiger partial charge in [-0.2, -0.15) is 8.78 Å². The lowest BCUT2D eigenvalue weighted by molar-refractivity contribution is -0.113. The van der Waals surface area contributed by atoms with E-state index in [0.717, 1.165) is 11.8 Å². The number of carbonyl (C=O) groups is 1. The van der Waals surface area contributed by atoms with Crippen molar-refractivity contribution in [1.29, 1.82) is 0 Å². The van der Waals surface area contributed by atoms with Crippen LogP contribution in [0.1, 0.15) is 0 Å². The number of anilines is 1. The topological polar surface area (TPSA) is 73.2 Å². The fraction of sp³-hybridized carbons (Fsp3) is 0.0870. The van der Waals surface area contributed by atoms with E-state index in [1.807, 2.05) is 0 Å². The molecule has 1 amide bonds. The van der Waals surface area contributed by atoms with Crippen molar-refractivity contribution in [3.05, 3.63) is 88.2 Å². The molecule has 0 bridgehead atoms. The maximum absolute atomic E-state index is 13.2. The number of carbonyl (C=O) groups excluding carboxylic acids is 1. The van der Waals surface area contributed by atoms with Gasteiger partial charge in [0.25, 0.3) is 5.56 Å². The third-order valence-corrected chi connectivity index (χ3v) is 5.73. The molecule has 6 nitrogen and oxygen atoms in total. The minimum absolute atomic E-state index is 0.116. The van der Waals surface area contributed by atoms with Gasteiger partial charge in [0.15, 0.2) is 5.16 Å². The number of benzene rings is 3. The smallest absolute Gasteiger partial charge is 0.387 e. The highest BCUT2D eigenvalue weighted by Gasteiger charge is 2.16. The number of para-hydroxylation sites is 3. The number of hydrogen-bond donors (Lipinski definition) is 1. The Bertz CT molecular complexity index is 1360. The second-order valence-corrected chi connectivity index (χ2v) is 8.12. The Morgan fingerprint density at radius 1 is 1.06 bits per heavy atom. The van der Waals surface area contributed by atoms with Crippen molar-refractivity contribution in [2.45, 2.75) is 11.8 Å². The summed E-state index contributed by atoms with van der Waals surface area (Å²) in [7, 11) is 0. The molecule has 1 heterocycles. The van der Waals surface area contributed by atoms with Gasteiger partial charge >= 0.3 is 6.61 Å². The van der Waals surface area contributed by atoms with Crippen LogP contribution in [0.15, 0.2) is 82.7 Å². The van der Waals surface area contributed by atoms with Crippen molar-refractivity contribution in [2.24, 2.45) is 0 Å². The van der Waals surface area contributed by atoms with Gasteiger partial charge in [-0.15, -0.1) is 0 Å². The summed E-state index contributed by atoms with van der Waals surface area (Å²) in [5.74, 6) is -0.746. The molecule has 0 radical (unpaired) electrons. The van der Waals surface area contributed by atoms with E-state index < -0.39 is 12.5 Å². The minimum Gasteiger partial charge on any atom is -0.433 e. The summed E-state index contributed by atoms with van der Waals surface area (Å²) in [6.07, 6.45) is 0. The van der Waals surface area contributed by atoms with Crippen LogP contribution < -0.4 is 15.6 Å². The van der Waals surface area contributed by atoms with Crippen molar-refractivity contribution >= 4 is 45.9 Å². The highest BCUT2D eigenvalue weighted by Crippen LogP contribution is 2.27. The largest absolute Gasteiger partial charge is 0.433 e. The van der Waals surface area contributed by atoms with Crippen molar-refractivity contribution in [1.82, 2.24) is 9.55 Å². The monoisotopic (exact) mass is 487 g/mol. The fourth-order valence-electron chi connectivity index (χ4n) is 3.11. The van der Waals surface area contributed by atoms with Crippen LogP contribution in [0.2, 0.25) is 5.02 Å². The van der Waals surface area contributed by atoms with E-state index in [-0.39, 0.29) is 22.7 Å². The number of nitrogens with zero attached hydrogens (tertiary/aromatic N) is 2. The first-order valence-electron chi connectivity index (χ1n) is 9.66. The summed E-state index contributed by atoms with van der Waals surface area (Å²) in [5, 5.41) is 3.80. The molecule has 0 spiro atoms. The molecule has 0 atom stereocenters. The van der Waals surface area contributed by atoms with Crippen LogP contribution in [0.25, 0.3) is 16.6 Å². The average molecular weight is 488 g/mol. The molecule has 0 fully saturated rings. The van der Waals surface area contributed by atoms with Gasteiger partial charge in [0.05, 0.1) is 28.0 Å². The van der Waals surface area contributed by atoms with Crippen LogP contribution in [0.4, 0.5) is 14.5 Å². The Hall–Kier alpha value is -3.43. The van der Waals surface area contributed by atoms with Crippen molar-refractivity contribution in [3.8, 4) is 11.4 Å². The summed E-state index contributed by atoms with van der Waals surface area (Å²) >= 11 is 7.02. The second kappa shape index (κ2) is 10.0. The lowest BCUT2D eigenvalue weighted by atomic mass is 10.2. The molecule has 0 aliphatic carbocycles. The van der Waals surface area contributed by atoms with E-state index >= 15 is 0 Å². The Kier molecular flexibility index (Phi) is 6.90. The second-order valence-electron chi connectivity index (χ2n) is 6.74. The number of rotatable bonds is 7. The third-order valence-electron chi connectivity index (χ3n) is 4.54. The summed E-state index contributed by atoms with van der Waals surface area (Å²) in [6.45, 7) is -3.02. The van der Waals surface area contributed by atoms with Gasteiger partial charge in [0.2, 0.25) is 5.91 Å². The highest BCUT2D eigenvalue weighted by atomic mass is 35.5. The van der Waals surface area contributed by atoms with Gasteiger partial charge in [-0.25, -0.2) is 4.98 Å². The van der Waals surface area contributed by atoms with Crippen LogP contribution in [0.5, 0.6) is 5.75 Å². The number of nitrogens with one attached hydrogen (secondary N) is 1. The molecule has 3 aromatic carbocycles. The van der Waals surface area contributed by atoms with E-state index in [0.29, 0.717) is 26.8 Å².